The largest absolute Gasteiger partial charge is 0.509 e. The van der Waals surface area contributed by atoms with Crippen molar-refractivity contribution >= 4 is 0 Å². The van der Waals surface area contributed by atoms with E-state index in [9.17, 15) is 30.6 Å². The Morgan fingerprint density at radius 3 is 1.07 bits per heavy atom. The van der Waals surface area contributed by atoms with E-state index in [1.165, 1.54) is 0 Å². The van der Waals surface area contributed by atoms with Gasteiger partial charge in [-0.1, -0.05) is 89.8 Å². The average molecular weight is 1270 g/mol. The molecule has 3 saturated carbocycles. The minimum absolute atomic E-state index is 0. The third-order valence-electron chi connectivity index (χ3n) is 6.38. The molecule has 0 radical (unpaired) electrons. The van der Waals surface area contributed by atoms with Gasteiger partial charge in [-0.15, -0.1) is 0 Å². The van der Waals surface area contributed by atoms with Gasteiger partial charge in [0.15, 0.2) is 0 Å². The van der Waals surface area contributed by atoms with E-state index < -0.39 is 36.6 Å². The Kier molecular flexibility index (Phi) is 32.0. The van der Waals surface area contributed by atoms with E-state index in [0.29, 0.717) is 36.8 Å². The second-order valence-electron chi connectivity index (χ2n) is 9.15. The van der Waals surface area contributed by atoms with Gasteiger partial charge in [0, 0.05) is 118 Å². The van der Waals surface area contributed by atoms with Crippen LogP contribution in [0, 0.1) is 113 Å². The number of hydrogen-bond donors (Lipinski definition) is 6. The van der Waals surface area contributed by atoms with Gasteiger partial charge in [0.2, 0.25) is 0 Å². The van der Waals surface area contributed by atoms with Crippen LogP contribution in [0.25, 0.3) is 0 Å². The number of hydrogen-bond acceptors (Lipinski definition) is 6. The van der Waals surface area contributed by atoms with Crippen molar-refractivity contribution < 1.29 is 124 Å². The minimum Gasteiger partial charge on any atom is -0.509 e. The number of rotatable bonds is 3. The molecule has 0 bridgehead atoms. The third-order valence-corrected chi connectivity index (χ3v) is 6.38. The molecule has 3 aliphatic carbocycles. The van der Waals surface area contributed by atoms with Gasteiger partial charge in [0.05, 0.1) is 12.2 Å². The molecule has 3 aliphatic rings. The summed E-state index contributed by atoms with van der Waals surface area (Å²) in [6.45, 7) is 34.4. The molecule has 0 aliphatic heterocycles. The first-order valence-corrected chi connectivity index (χ1v) is 12.1. The second kappa shape index (κ2) is 26.2. The van der Waals surface area contributed by atoms with Crippen LogP contribution in [0.2, 0.25) is 0 Å². The van der Waals surface area contributed by atoms with Gasteiger partial charge in [-0.25, -0.2) is 5.57 Å². The summed E-state index contributed by atoms with van der Waals surface area (Å²) in [4.78, 5) is 0. The molecule has 234 valence electrons. The second-order valence-corrected chi connectivity index (χ2v) is 9.15. The Labute approximate surface area is 331 Å². The van der Waals surface area contributed by atoms with Crippen LogP contribution in [0.3, 0.4) is 0 Å². The third kappa shape index (κ3) is 15.9. The van der Waals surface area contributed by atoms with Crippen molar-refractivity contribution in [2.75, 3.05) is 0 Å². The summed E-state index contributed by atoms with van der Waals surface area (Å²) in [5.74, 6) is 0. The molecule has 6 atom stereocenters. The van der Waals surface area contributed by atoms with Crippen LogP contribution in [-0.4, -0.2) is 67.3 Å². The van der Waals surface area contributed by atoms with E-state index in [2.05, 4.69) is 32.9 Å². The van der Waals surface area contributed by atoms with Crippen LogP contribution < -0.4 is 0 Å². The van der Waals surface area contributed by atoms with E-state index in [1.54, 1.807) is 36.5 Å². The number of allylic oxidation sites excluding steroid dienone is 6. The van der Waals surface area contributed by atoms with Crippen molar-refractivity contribution in [3.8, 4) is 0 Å². The van der Waals surface area contributed by atoms with Gasteiger partial charge in [0.1, 0.15) is 0 Å². The van der Waals surface area contributed by atoms with Crippen LogP contribution in [0.15, 0.2) is 114 Å². The van der Waals surface area contributed by atoms with Crippen molar-refractivity contribution in [2.24, 2.45) is 0 Å². The molecule has 0 saturated heterocycles. The Morgan fingerprint density at radius 1 is 0.512 bits per heavy atom. The Bertz CT molecular complexity index is 1010. The maximum absolute atomic E-state index is 9.52. The van der Waals surface area contributed by atoms with E-state index in [0.717, 1.165) is 16.7 Å². The molecule has 0 aromatic heterocycles. The molecule has 0 amide bonds. The topological polar surface area (TPSA) is 121 Å². The van der Waals surface area contributed by atoms with Crippen molar-refractivity contribution in [3.63, 3.8) is 0 Å². The molecule has 6 N–H and O–H groups in total. The summed E-state index contributed by atoms with van der Waals surface area (Å²) in [6.07, 6.45) is 7.05. The van der Waals surface area contributed by atoms with Gasteiger partial charge in [0.25, 0.3) is 0 Å². The first kappa shape index (κ1) is 52.6. The maximum Gasteiger partial charge on any atom is 0.0703 e. The van der Waals surface area contributed by atoms with Gasteiger partial charge in [-0.2, -0.15) is 11.1 Å². The molecule has 43 heavy (non-hydrogen) atoms. The molecule has 0 heterocycles. The zero-order valence-electron chi connectivity index (χ0n) is 23.2. The van der Waals surface area contributed by atoms with Gasteiger partial charge in [-0.3, -0.25) is 0 Å². The molecular weight excluding hydrogens is 1220 g/mol. The molecule has 0 aromatic rings. The summed E-state index contributed by atoms with van der Waals surface area (Å²) < 4.78 is 0. The van der Waals surface area contributed by atoms with E-state index in [1.807, 2.05) is 0 Å². The van der Waals surface area contributed by atoms with Crippen LogP contribution >= 0.6 is 0 Å². The van der Waals surface area contributed by atoms with Crippen molar-refractivity contribution in [2.45, 2.75) is 77.2 Å². The molecular formula is C34H47O6U3-3. The van der Waals surface area contributed by atoms with Gasteiger partial charge >= 0.3 is 0 Å². The van der Waals surface area contributed by atoms with E-state index in [-0.39, 0.29) is 125 Å². The SMILES string of the molecule is C.C.[CH-]=C1[C@H](O)C(=C)/C(=C/C=C)C[C@H]1O.[CH-]=C1[C@H](O)C(=C)/C(=C\C=C)C[C@H]1O.[CH-]=C1[C@H](O)CC(=CC=C)C[C@H]1O.[U].[U].[U]. The first-order chi connectivity index (χ1) is 17.8. The standard InChI is InChI=1S/2C11H13O2.C10H13O2.2CH4.3U/c2*1-4-5-9-6-10(12)8(3)11(13)7(9)2;1-3-4-8-5-9(11)7(2)10(12)6-8;;;;;/h2*3-5,10-13H,1-2,6H2;2-4,9-12H,1,5-6H2;2*1H4;;;/q3*-1;;;;;/b9-5+;9-5-;;;;;;/t2*10-,11-;9-,10-;;;;;/m111...../s1. The predicted octanol–water partition coefficient (Wildman–Crippen LogP) is 4.53. The van der Waals surface area contributed by atoms with Crippen LogP contribution in [0.1, 0.15) is 40.5 Å². The fraction of sp³-hybridized carbons (Fsp3) is 0.353. The van der Waals surface area contributed by atoms with Crippen molar-refractivity contribution in [3.05, 3.63) is 134 Å². The maximum atomic E-state index is 9.52. The summed E-state index contributed by atoms with van der Waals surface area (Å²) >= 11 is 0. The Balaban J connectivity index is -0.000000159. The molecule has 9 heteroatoms. The summed E-state index contributed by atoms with van der Waals surface area (Å²) in [6, 6.07) is 0. The van der Waals surface area contributed by atoms with E-state index in [4.69, 9.17) is 19.7 Å². The number of aliphatic hydroxyl groups excluding tert-OH is 6. The quantitative estimate of drug-likeness (QED) is 0.232. The Morgan fingerprint density at radius 2 is 0.791 bits per heavy atom. The van der Waals surface area contributed by atoms with Crippen molar-refractivity contribution in [1.82, 2.24) is 0 Å². The zero-order valence-corrected chi connectivity index (χ0v) is 35.7. The molecule has 6 nitrogen and oxygen atoms in total. The summed E-state index contributed by atoms with van der Waals surface area (Å²) in [7, 11) is 0. The monoisotopic (exact) mass is 1270 g/mol. The fourth-order valence-electron chi connectivity index (χ4n) is 4.01. The first-order valence-electron chi connectivity index (χ1n) is 12.1. The summed E-state index contributed by atoms with van der Waals surface area (Å²) in [5, 5.41) is 56.6. The average Bonchev–Trinajstić information content (AvgIpc) is 2.87. The molecule has 0 unspecified atom stereocenters. The van der Waals surface area contributed by atoms with Gasteiger partial charge in [-0.05, 0) is 48.0 Å². The molecule has 3 fully saturated rings. The zero-order chi connectivity index (χ0) is 29.2. The molecule has 0 aromatic carbocycles. The normalized spacial score (nSPS) is 28.0. The van der Waals surface area contributed by atoms with E-state index >= 15 is 0 Å². The molecule has 3 rings (SSSR count). The van der Waals surface area contributed by atoms with Gasteiger partial charge < -0.3 is 50.4 Å². The minimum atomic E-state index is -0.935. The number of aliphatic hydroxyl groups is 6. The van der Waals surface area contributed by atoms with Crippen molar-refractivity contribution in [1.29, 1.82) is 0 Å². The predicted molar refractivity (Wildman–Crippen MR) is 165 cm³/mol. The van der Waals surface area contributed by atoms with Crippen LogP contribution in [0.4, 0.5) is 0 Å². The molecule has 0 spiro atoms. The van der Waals surface area contributed by atoms with Crippen LogP contribution in [0.5, 0.6) is 0 Å². The van der Waals surface area contributed by atoms with Crippen LogP contribution in [-0.2, 0) is 0 Å². The Hall–Kier alpha value is 0.0558. The smallest absolute Gasteiger partial charge is 0.0703 e. The summed E-state index contributed by atoms with van der Waals surface area (Å²) in [5.41, 5.74) is 4.28. The fourth-order valence-corrected chi connectivity index (χ4v) is 4.01.